The highest BCUT2D eigenvalue weighted by atomic mass is 35.5. The fourth-order valence-corrected chi connectivity index (χ4v) is 2.83. The number of nitrogens with two attached hydrogens (primary N) is 1. The first-order valence-electron chi connectivity index (χ1n) is 6.46. The second kappa shape index (κ2) is 5.75. The predicted octanol–water partition coefficient (Wildman–Crippen LogP) is 2.59. The van der Waals surface area contributed by atoms with Crippen LogP contribution in [0.4, 0.5) is 4.39 Å². The number of ether oxygens (including phenoxy) is 1. The molecule has 0 aromatic heterocycles. The molecule has 2 N–H and O–H groups in total. The van der Waals surface area contributed by atoms with Gasteiger partial charge in [0.1, 0.15) is 5.82 Å². The lowest BCUT2D eigenvalue weighted by Gasteiger charge is -2.46. The van der Waals surface area contributed by atoms with E-state index in [2.05, 4.69) is 18.7 Å². The maximum atomic E-state index is 14.2. The lowest BCUT2D eigenvalue weighted by Crippen LogP contribution is -2.55. The molecule has 0 aliphatic carbocycles. The van der Waals surface area contributed by atoms with Gasteiger partial charge in [0.15, 0.2) is 0 Å². The fourth-order valence-electron chi connectivity index (χ4n) is 2.65. The zero-order valence-electron chi connectivity index (χ0n) is 11.3. The van der Waals surface area contributed by atoms with Gasteiger partial charge in [0, 0.05) is 24.2 Å². The van der Waals surface area contributed by atoms with E-state index >= 15 is 0 Å². The smallest absolute Gasteiger partial charge is 0.146 e. The van der Waals surface area contributed by atoms with Crippen LogP contribution in [0.1, 0.15) is 25.5 Å². The minimum atomic E-state index is -0.373. The minimum absolute atomic E-state index is 0.141. The summed E-state index contributed by atoms with van der Waals surface area (Å²) in [5.41, 5.74) is 6.27. The van der Waals surface area contributed by atoms with Crippen LogP contribution in [0.3, 0.4) is 0 Å². The monoisotopic (exact) mass is 286 g/mol. The highest BCUT2D eigenvalue weighted by molar-refractivity contribution is 6.30. The molecule has 0 saturated carbocycles. The van der Waals surface area contributed by atoms with Gasteiger partial charge >= 0.3 is 0 Å². The Morgan fingerprint density at radius 3 is 2.89 bits per heavy atom. The Labute approximate surface area is 118 Å². The average molecular weight is 287 g/mol. The molecule has 1 heterocycles. The number of hydrogen-bond donors (Lipinski definition) is 1. The van der Waals surface area contributed by atoms with Crippen molar-refractivity contribution in [1.82, 2.24) is 4.90 Å². The predicted molar refractivity (Wildman–Crippen MR) is 74.8 cm³/mol. The lowest BCUT2D eigenvalue weighted by molar-refractivity contribution is -0.0717. The van der Waals surface area contributed by atoms with Crippen molar-refractivity contribution in [3.63, 3.8) is 0 Å². The summed E-state index contributed by atoms with van der Waals surface area (Å²) in [5.74, 6) is -0.373. The van der Waals surface area contributed by atoms with Crippen LogP contribution in [0, 0.1) is 5.82 Å². The summed E-state index contributed by atoms with van der Waals surface area (Å²) >= 11 is 5.87. The largest absolute Gasteiger partial charge is 0.378 e. The molecule has 1 aromatic rings. The molecule has 1 aromatic carbocycles. The van der Waals surface area contributed by atoms with Gasteiger partial charge in [-0.3, -0.25) is 4.90 Å². The van der Waals surface area contributed by atoms with Gasteiger partial charge in [-0.15, -0.1) is 0 Å². The van der Waals surface area contributed by atoms with Crippen molar-refractivity contribution < 1.29 is 9.13 Å². The first kappa shape index (κ1) is 14.7. The summed E-state index contributed by atoms with van der Waals surface area (Å²) in [5, 5.41) is 0.141. The summed E-state index contributed by atoms with van der Waals surface area (Å²) in [6.07, 6.45) is 0. The first-order chi connectivity index (χ1) is 8.97. The van der Waals surface area contributed by atoms with Crippen LogP contribution in [0.15, 0.2) is 18.2 Å². The van der Waals surface area contributed by atoms with Crippen LogP contribution in [0.2, 0.25) is 5.02 Å². The summed E-state index contributed by atoms with van der Waals surface area (Å²) in [7, 11) is 0. The highest BCUT2D eigenvalue weighted by Crippen LogP contribution is 2.33. The van der Waals surface area contributed by atoms with Gasteiger partial charge in [-0.05, 0) is 19.9 Å². The molecule has 3 nitrogen and oxygen atoms in total. The Morgan fingerprint density at radius 2 is 2.26 bits per heavy atom. The van der Waals surface area contributed by atoms with E-state index in [1.807, 2.05) is 0 Å². The number of benzene rings is 1. The molecule has 0 radical (unpaired) electrons. The minimum Gasteiger partial charge on any atom is -0.378 e. The van der Waals surface area contributed by atoms with E-state index in [4.69, 9.17) is 22.1 Å². The Kier molecular flexibility index (Phi) is 4.46. The van der Waals surface area contributed by atoms with Crippen LogP contribution < -0.4 is 5.73 Å². The van der Waals surface area contributed by atoms with E-state index in [0.29, 0.717) is 25.3 Å². The van der Waals surface area contributed by atoms with Gasteiger partial charge in [-0.25, -0.2) is 4.39 Å². The Hall–Kier alpha value is -0.680. The quantitative estimate of drug-likeness (QED) is 0.928. The van der Waals surface area contributed by atoms with Gasteiger partial charge < -0.3 is 10.5 Å². The third-order valence-corrected chi connectivity index (χ3v) is 3.94. The molecule has 1 fully saturated rings. The highest BCUT2D eigenvalue weighted by Gasteiger charge is 2.36. The van der Waals surface area contributed by atoms with E-state index in [0.717, 1.165) is 6.54 Å². The topological polar surface area (TPSA) is 38.5 Å². The molecule has 106 valence electrons. The van der Waals surface area contributed by atoms with Crippen LogP contribution in [0.25, 0.3) is 0 Å². The third kappa shape index (κ3) is 2.92. The molecule has 5 heteroatoms. The van der Waals surface area contributed by atoms with Crippen LogP contribution >= 0.6 is 11.6 Å². The molecule has 19 heavy (non-hydrogen) atoms. The van der Waals surface area contributed by atoms with Gasteiger partial charge in [0.05, 0.1) is 24.3 Å². The van der Waals surface area contributed by atoms with Crippen molar-refractivity contribution in [2.45, 2.75) is 25.4 Å². The summed E-state index contributed by atoms with van der Waals surface area (Å²) in [4.78, 5) is 2.20. The normalized spacial score (nSPS) is 21.3. The van der Waals surface area contributed by atoms with Crippen LogP contribution in [-0.4, -0.2) is 36.7 Å². The van der Waals surface area contributed by atoms with Gasteiger partial charge in [-0.1, -0.05) is 23.7 Å². The summed E-state index contributed by atoms with van der Waals surface area (Å²) in [6.45, 7) is 6.50. The molecule has 0 amide bonds. The molecule has 0 spiro atoms. The Bertz CT molecular complexity index is 453. The van der Waals surface area contributed by atoms with Crippen LogP contribution in [0.5, 0.6) is 0 Å². The van der Waals surface area contributed by atoms with E-state index in [1.54, 1.807) is 18.2 Å². The molecule has 0 bridgehead atoms. The van der Waals surface area contributed by atoms with Crippen molar-refractivity contribution in [3.05, 3.63) is 34.6 Å². The number of rotatable bonds is 3. The molecular weight excluding hydrogens is 267 g/mol. The average Bonchev–Trinajstić information content (AvgIpc) is 2.37. The zero-order chi connectivity index (χ0) is 14.0. The molecule has 1 aliphatic rings. The molecule has 1 aliphatic heterocycles. The SMILES string of the molecule is CC1(C)COCCN1C(CN)c1cccc(Cl)c1F. The van der Waals surface area contributed by atoms with E-state index in [-0.39, 0.29) is 22.4 Å². The molecule has 2 rings (SSSR count). The third-order valence-electron chi connectivity index (χ3n) is 3.65. The Balaban J connectivity index is 2.36. The number of hydrogen-bond acceptors (Lipinski definition) is 3. The van der Waals surface area contributed by atoms with Crippen molar-refractivity contribution in [2.75, 3.05) is 26.3 Å². The van der Waals surface area contributed by atoms with Crippen molar-refractivity contribution in [2.24, 2.45) is 5.73 Å². The van der Waals surface area contributed by atoms with Crippen molar-refractivity contribution in [3.8, 4) is 0 Å². The van der Waals surface area contributed by atoms with Crippen molar-refractivity contribution in [1.29, 1.82) is 0 Å². The number of nitrogens with zero attached hydrogens (tertiary/aromatic N) is 1. The van der Waals surface area contributed by atoms with Gasteiger partial charge in [0.2, 0.25) is 0 Å². The second-order valence-electron chi connectivity index (χ2n) is 5.45. The lowest BCUT2D eigenvalue weighted by atomic mass is 9.95. The van der Waals surface area contributed by atoms with E-state index < -0.39 is 0 Å². The molecular formula is C14H20ClFN2O. The first-order valence-corrected chi connectivity index (χ1v) is 6.83. The Morgan fingerprint density at radius 1 is 1.53 bits per heavy atom. The van der Waals surface area contributed by atoms with E-state index in [9.17, 15) is 4.39 Å². The van der Waals surface area contributed by atoms with Crippen LogP contribution in [-0.2, 0) is 4.74 Å². The maximum absolute atomic E-state index is 14.2. The molecule has 1 unspecified atom stereocenters. The van der Waals surface area contributed by atoms with Gasteiger partial charge in [0.25, 0.3) is 0 Å². The van der Waals surface area contributed by atoms with Gasteiger partial charge in [-0.2, -0.15) is 0 Å². The zero-order valence-corrected chi connectivity index (χ0v) is 12.1. The standard InChI is InChI=1S/C14H20ClFN2O/c1-14(2)9-19-7-6-18(14)12(8-17)10-4-3-5-11(15)13(10)16/h3-5,12H,6-9,17H2,1-2H3. The maximum Gasteiger partial charge on any atom is 0.146 e. The molecule has 1 atom stereocenters. The fraction of sp³-hybridized carbons (Fsp3) is 0.571. The summed E-state index contributed by atoms with van der Waals surface area (Å²) in [6, 6.07) is 4.89. The van der Waals surface area contributed by atoms with Crippen molar-refractivity contribution >= 4 is 11.6 Å². The molecule has 1 saturated heterocycles. The summed E-state index contributed by atoms with van der Waals surface area (Å²) < 4.78 is 19.7. The second-order valence-corrected chi connectivity index (χ2v) is 5.86. The number of morpholine rings is 1. The van der Waals surface area contributed by atoms with E-state index in [1.165, 1.54) is 0 Å². The number of halogens is 2.